The molecule has 1 saturated carbocycles. The lowest BCUT2D eigenvalue weighted by atomic mass is 9.92. The van der Waals surface area contributed by atoms with Gasteiger partial charge in [0.05, 0.1) is 19.2 Å². The normalized spacial score (nSPS) is 19.2. The Labute approximate surface area is 251 Å². The minimum atomic E-state index is -0.853. The molecule has 0 spiro atoms. The number of nitrogens with one attached hydrogen (secondary N) is 5. The summed E-state index contributed by atoms with van der Waals surface area (Å²) in [6.07, 6.45) is 6.50. The van der Waals surface area contributed by atoms with E-state index in [9.17, 15) is 19.6 Å². The van der Waals surface area contributed by atoms with E-state index in [1.807, 2.05) is 44.2 Å². The molecule has 1 aliphatic carbocycles. The SMILES string of the molecule is COc1cccc2[nH]c(C(=O)NC(CC(C)C)C(=O)NC(CC3CCNC3=O)C(C#N)NC3(c4cccnc4)CC3)cc12. The molecular formula is C32H39N7O4. The lowest BCUT2D eigenvalue weighted by Crippen LogP contribution is -2.57. The molecule has 3 heterocycles. The van der Waals surface area contributed by atoms with Crippen LogP contribution in [0.3, 0.4) is 0 Å². The fourth-order valence-electron chi connectivity index (χ4n) is 5.91. The van der Waals surface area contributed by atoms with E-state index < -0.39 is 35.5 Å². The number of carbonyl (C=O) groups excluding carboxylic acids is 3. The molecule has 5 N–H and O–H groups in total. The monoisotopic (exact) mass is 585 g/mol. The summed E-state index contributed by atoms with van der Waals surface area (Å²) >= 11 is 0. The summed E-state index contributed by atoms with van der Waals surface area (Å²) in [7, 11) is 1.57. The van der Waals surface area contributed by atoms with Crippen LogP contribution in [0.2, 0.25) is 0 Å². The number of nitrogens with zero attached hydrogens (tertiary/aromatic N) is 2. The van der Waals surface area contributed by atoms with E-state index in [0.29, 0.717) is 37.3 Å². The Morgan fingerprint density at radius 3 is 2.65 bits per heavy atom. The highest BCUT2D eigenvalue weighted by molar-refractivity contribution is 6.01. The molecular weight excluding hydrogens is 546 g/mol. The van der Waals surface area contributed by atoms with Crippen LogP contribution in [-0.4, -0.2) is 59.5 Å². The fourth-order valence-corrected chi connectivity index (χ4v) is 5.91. The summed E-state index contributed by atoms with van der Waals surface area (Å²) in [6, 6.07) is 11.1. The van der Waals surface area contributed by atoms with E-state index in [1.165, 1.54) is 0 Å². The topological polar surface area (TPSA) is 161 Å². The van der Waals surface area contributed by atoms with E-state index in [-0.39, 0.29) is 17.7 Å². The molecule has 4 unspecified atom stereocenters. The van der Waals surface area contributed by atoms with Gasteiger partial charge in [-0.05, 0) is 67.9 Å². The molecule has 1 aliphatic heterocycles. The molecule has 1 saturated heterocycles. The van der Waals surface area contributed by atoms with Crippen molar-refractivity contribution in [3.8, 4) is 11.8 Å². The number of methoxy groups -OCH3 is 1. The lowest BCUT2D eigenvalue weighted by Gasteiger charge is -2.31. The highest BCUT2D eigenvalue weighted by atomic mass is 16.5. The van der Waals surface area contributed by atoms with Gasteiger partial charge in [-0.3, -0.25) is 24.7 Å². The first kappa shape index (κ1) is 30.0. The number of nitriles is 1. The molecule has 226 valence electrons. The molecule has 3 amide bonds. The van der Waals surface area contributed by atoms with Crippen molar-refractivity contribution < 1.29 is 19.1 Å². The third-order valence-corrected chi connectivity index (χ3v) is 8.38. The minimum Gasteiger partial charge on any atom is -0.496 e. The van der Waals surface area contributed by atoms with Gasteiger partial charge in [-0.2, -0.15) is 5.26 Å². The van der Waals surface area contributed by atoms with Gasteiger partial charge in [-0.15, -0.1) is 0 Å². The number of benzene rings is 1. The molecule has 5 rings (SSSR count). The average molecular weight is 586 g/mol. The van der Waals surface area contributed by atoms with Gasteiger partial charge in [0, 0.05) is 41.3 Å². The van der Waals surface area contributed by atoms with Gasteiger partial charge >= 0.3 is 0 Å². The van der Waals surface area contributed by atoms with E-state index in [1.54, 1.807) is 25.6 Å². The molecule has 43 heavy (non-hydrogen) atoms. The number of H-pyrrole nitrogens is 1. The highest BCUT2D eigenvalue weighted by Gasteiger charge is 2.47. The molecule has 11 heteroatoms. The maximum atomic E-state index is 13.9. The molecule has 4 atom stereocenters. The van der Waals surface area contributed by atoms with Gasteiger partial charge in [-0.25, -0.2) is 0 Å². The van der Waals surface area contributed by atoms with Crippen molar-refractivity contribution >= 4 is 28.6 Å². The Kier molecular flexibility index (Phi) is 8.97. The third kappa shape index (κ3) is 6.81. The maximum Gasteiger partial charge on any atom is 0.268 e. The Hall–Kier alpha value is -4.43. The number of hydrogen-bond acceptors (Lipinski definition) is 7. The first-order valence-corrected chi connectivity index (χ1v) is 14.9. The van der Waals surface area contributed by atoms with Gasteiger partial charge in [-0.1, -0.05) is 26.0 Å². The minimum absolute atomic E-state index is 0.0781. The van der Waals surface area contributed by atoms with Crippen LogP contribution in [-0.2, 0) is 15.1 Å². The largest absolute Gasteiger partial charge is 0.496 e. The number of pyridine rings is 1. The summed E-state index contributed by atoms with van der Waals surface area (Å²) in [5.41, 5.74) is 1.63. The van der Waals surface area contributed by atoms with E-state index >= 15 is 0 Å². The van der Waals surface area contributed by atoms with Crippen LogP contribution in [0.4, 0.5) is 0 Å². The van der Waals surface area contributed by atoms with Gasteiger partial charge < -0.3 is 25.7 Å². The molecule has 0 bridgehead atoms. The maximum absolute atomic E-state index is 13.9. The number of carbonyl (C=O) groups is 3. The quantitative estimate of drug-likeness (QED) is 0.206. The number of aromatic amines is 1. The zero-order valence-corrected chi connectivity index (χ0v) is 24.8. The van der Waals surface area contributed by atoms with E-state index in [0.717, 1.165) is 29.3 Å². The zero-order valence-electron chi connectivity index (χ0n) is 24.8. The van der Waals surface area contributed by atoms with Gasteiger partial charge in [0.15, 0.2) is 0 Å². The predicted molar refractivity (Wildman–Crippen MR) is 161 cm³/mol. The summed E-state index contributed by atoms with van der Waals surface area (Å²) in [5, 5.41) is 23.4. The Morgan fingerprint density at radius 1 is 1.21 bits per heavy atom. The van der Waals surface area contributed by atoms with E-state index in [2.05, 4.69) is 37.3 Å². The second-order valence-electron chi connectivity index (χ2n) is 12.0. The average Bonchev–Trinajstić information content (AvgIpc) is 3.47. The lowest BCUT2D eigenvalue weighted by molar-refractivity contribution is -0.126. The highest BCUT2D eigenvalue weighted by Crippen LogP contribution is 2.45. The fraction of sp³-hybridized carbons (Fsp3) is 0.469. The van der Waals surface area contributed by atoms with Gasteiger partial charge in [0.1, 0.15) is 23.5 Å². The number of hydrogen-bond donors (Lipinski definition) is 5. The van der Waals surface area contributed by atoms with Crippen LogP contribution in [0.25, 0.3) is 10.9 Å². The molecule has 2 aliphatic rings. The Bertz CT molecular complexity index is 1510. The van der Waals surface area contributed by atoms with Crippen LogP contribution in [0.15, 0.2) is 48.8 Å². The van der Waals surface area contributed by atoms with Crippen molar-refractivity contribution in [2.24, 2.45) is 11.8 Å². The second kappa shape index (κ2) is 12.8. The van der Waals surface area contributed by atoms with Crippen LogP contribution >= 0.6 is 0 Å². The van der Waals surface area contributed by atoms with Crippen molar-refractivity contribution in [3.63, 3.8) is 0 Å². The van der Waals surface area contributed by atoms with Crippen LogP contribution in [0.5, 0.6) is 5.75 Å². The van der Waals surface area contributed by atoms with Crippen LogP contribution in [0.1, 0.15) is 62.0 Å². The Morgan fingerprint density at radius 2 is 2.02 bits per heavy atom. The zero-order chi connectivity index (χ0) is 30.6. The van der Waals surface area contributed by atoms with Crippen molar-refractivity contribution in [1.82, 2.24) is 31.2 Å². The molecule has 3 aromatic rings. The number of fused-ring (bicyclic) bond motifs is 1. The van der Waals surface area contributed by atoms with Gasteiger partial charge in [0.25, 0.3) is 5.91 Å². The molecule has 2 aromatic heterocycles. The van der Waals surface area contributed by atoms with Crippen molar-refractivity contribution in [2.75, 3.05) is 13.7 Å². The number of ether oxygens (including phenoxy) is 1. The third-order valence-electron chi connectivity index (χ3n) is 8.38. The Balaban J connectivity index is 1.36. The molecule has 11 nitrogen and oxygen atoms in total. The smallest absolute Gasteiger partial charge is 0.268 e. The summed E-state index contributed by atoms with van der Waals surface area (Å²) < 4.78 is 5.42. The van der Waals surface area contributed by atoms with Crippen LogP contribution < -0.4 is 26.0 Å². The summed E-state index contributed by atoms with van der Waals surface area (Å²) in [5.74, 6) is -0.482. The van der Waals surface area contributed by atoms with Crippen molar-refractivity contribution in [2.45, 2.75) is 69.6 Å². The molecule has 1 aromatic carbocycles. The van der Waals surface area contributed by atoms with E-state index in [4.69, 9.17) is 4.74 Å². The van der Waals surface area contributed by atoms with Gasteiger partial charge in [0.2, 0.25) is 11.8 Å². The standard InChI is InChI=1S/C32H39N7O4/c1-19(2)14-25(38-31(42)26-16-22-23(36-26)7-4-8-28(22)43-3)30(41)37-24(15-20-9-13-35-29(20)40)27(17-33)39-32(10-11-32)21-6-5-12-34-18-21/h4-8,12,16,18-20,24-25,27,36,39H,9-11,13-15H2,1-3H3,(H,35,40)(H,37,41)(H,38,42). The first-order valence-electron chi connectivity index (χ1n) is 14.9. The number of amides is 3. The number of aromatic nitrogens is 2. The summed E-state index contributed by atoms with van der Waals surface area (Å²) in [6.45, 7) is 4.52. The van der Waals surface area contributed by atoms with Crippen molar-refractivity contribution in [1.29, 1.82) is 5.26 Å². The second-order valence-corrected chi connectivity index (χ2v) is 12.0. The number of rotatable bonds is 13. The van der Waals surface area contributed by atoms with Crippen LogP contribution in [0, 0.1) is 23.2 Å². The molecule has 0 radical (unpaired) electrons. The van der Waals surface area contributed by atoms with Crippen molar-refractivity contribution in [3.05, 3.63) is 60.0 Å². The predicted octanol–water partition coefficient (Wildman–Crippen LogP) is 2.90. The molecule has 2 fully saturated rings. The summed E-state index contributed by atoms with van der Waals surface area (Å²) in [4.78, 5) is 47.1. The first-order chi connectivity index (χ1) is 20.7.